The molecule has 0 aliphatic rings. The van der Waals surface area contributed by atoms with Gasteiger partial charge in [0.1, 0.15) is 0 Å². The Balaban J connectivity index is 3.39. The van der Waals surface area contributed by atoms with Crippen molar-refractivity contribution in [3.63, 3.8) is 0 Å². The van der Waals surface area contributed by atoms with Crippen LogP contribution in [-0.4, -0.2) is 39.0 Å². The number of nitrogen functional groups attached to an aromatic ring is 1. The summed E-state index contributed by atoms with van der Waals surface area (Å²) in [6.07, 6.45) is -4.18. The van der Waals surface area contributed by atoms with Crippen LogP contribution < -0.4 is 15.9 Å². The van der Waals surface area contributed by atoms with Crippen LogP contribution in [0.1, 0.15) is 15.9 Å². The molecule has 0 atom stereocenters. The van der Waals surface area contributed by atoms with Gasteiger partial charge in [0.15, 0.2) is 0 Å². The molecule has 2 amide bonds. The largest absolute Gasteiger partial charge is 0.418 e. The van der Waals surface area contributed by atoms with Crippen LogP contribution in [0, 0.1) is 0 Å². The second kappa shape index (κ2) is 6.42. The monoisotopic (exact) mass is 354 g/mol. The number of imide groups is 1. The first-order chi connectivity index (χ1) is 10.4. The molecule has 0 aliphatic heterocycles. The van der Waals surface area contributed by atoms with E-state index in [1.165, 1.54) is 7.05 Å². The van der Waals surface area contributed by atoms with E-state index in [9.17, 15) is 31.2 Å². The predicted octanol–water partition coefficient (Wildman–Crippen LogP) is 0.392. The highest BCUT2D eigenvalue weighted by atomic mass is 32.2. The predicted molar refractivity (Wildman–Crippen MR) is 75.6 cm³/mol. The molecule has 0 aliphatic carbocycles. The molecule has 0 spiro atoms. The van der Waals surface area contributed by atoms with Crippen LogP contribution in [0.25, 0.3) is 0 Å². The topological polar surface area (TPSA) is 122 Å². The zero-order valence-corrected chi connectivity index (χ0v) is 12.7. The number of carbonyl (C=O) groups excluding carboxylic acids is 2. The molecular weight excluding hydrogens is 341 g/mol. The summed E-state index contributed by atoms with van der Waals surface area (Å²) in [5.74, 6) is -1.20. The Hall–Kier alpha value is -2.34. The number of sulfonamides is 1. The van der Waals surface area contributed by atoms with E-state index in [-0.39, 0.29) is 17.1 Å². The van der Waals surface area contributed by atoms with E-state index >= 15 is 0 Å². The number of hydrazine groups is 1. The van der Waals surface area contributed by atoms with Gasteiger partial charge in [-0.2, -0.15) is 18.2 Å². The molecule has 0 aromatic heterocycles. The lowest BCUT2D eigenvalue weighted by Gasteiger charge is -2.19. The minimum atomic E-state index is -4.74. The number of nitrogens with one attached hydrogen (secondary N) is 2. The first kappa shape index (κ1) is 18.7. The van der Waals surface area contributed by atoms with Crippen LogP contribution in [-0.2, 0) is 21.0 Å². The Bertz CT molecular complexity index is 734. The number of halogens is 3. The van der Waals surface area contributed by atoms with E-state index < -0.39 is 38.9 Å². The van der Waals surface area contributed by atoms with E-state index in [1.54, 1.807) is 4.83 Å². The number of hydrogen-bond acceptors (Lipinski definition) is 6. The van der Waals surface area contributed by atoms with Crippen molar-refractivity contribution in [2.24, 2.45) is 0 Å². The molecule has 12 heteroatoms. The lowest BCUT2D eigenvalue weighted by Crippen LogP contribution is -2.44. The summed E-state index contributed by atoms with van der Waals surface area (Å²) in [7, 11) is -2.71. The van der Waals surface area contributed by atoms with Crippen LogP contribution in [0.5, 0.6) is 0 Å². The second-order valence-corrected chi connectivity index (χ2v) is 6.10. The highest BCUT2D eigenvalue weighted by Gasteiger charge is 2.35. The van der Waals surface area contributed by atoms with Gasteiger partial charge in [0, 0.05) is 18.4 Å². The standard InChI is InChI=1S/C11H13F3N4O4S/c1-16-9-4-7(11(12,13)14)8(15)3-6(9)10(20)18(5-19)17-23(2,21)22/h3-5,16-17H,15H2,1-2H3. The van der Waals surface area contributed by atoms with Crippen LogP contribution >= 0.6 is 0 Å². The summed E-state index contributed by atoms with van der Waals surface area (Å²) in [5, 5.41) is 2.44. The maximum absolute atomic E-state index is 12.8. The van der Waals surface area contributed by atoms with Crippen molar-refractivity contribution < 1.29 is 31.2 Å². The molecular formula is C11H13F3N4O4S. The number of carbonyl (C=O) groups is 2. The molecule has 23 heavy (non-hydrogen) atoms. The summed E-state index contributed by atoms with van der Waals surface area (Å²) >= 11 is 0. The van der Waals surface area contributed by atoms with Gasteiger partial charge in [0.25, 0.3) is 5.91 Å². The average Bonchev–Trinajstić information content (AvgIpc) is 2.41. The highest BCUT2D eigenvalue weighted by Crippen LogP contribution is 2.36. The minimum Gasteiger partial charge on any atom is -0.398 e. The van der Waals surface area contributed by atoms with Gasteiger partial charge in [0.2, 0.25) is 16.4 Å². The number of anilines is 2. The number of nitrogens with two attached hydrogens (primary N) is 1. The summed E-state index contributed by atoms with van der Waals surface area (Å²) < 4.78 is 60.6. The lowest BCUT2D eigenvalue weighted by atomic mass is 10.1. The Morgan fingerprint density at radius 3 is 2.30 bits per heavy atom. The Morgan fingerprint density at radius 2 is 1.91 bits per heavy atom. The van der Waals surface area contributed by atoms with Gasteiger partial charge in [0.05, 0.1) is 17.4 Å². The summed E-state index contributed by atoms with van der Waals surface area (Å²) in [6, 6.07) is 1.30. The molecule has 0 fully saturated rings. The molecule has 0 saturated heterocycles. The first-order valence-electron chi connectivity index (χ1n) is 5.85. The maximum Gasteiger partial charge on any atom is 0.418 e. The average molecular weight is 354 g/mol. The zero-order chi connectivity index (χ0) is 18.0. The Morgan fingerprint density at radius 1 is 1.35 bits per heavy atom. The molecule has 0 heterocycles. The fraction of sp³-hybridized carbons (Fsp3) is 0.273. The summed E-state index contributed by atoms with van der Waals surface area (Å²) in [6.45, 7) is 0. The third kappa shape index (κ3) is 4.56. The van der Waals surface area contributed by atoms with Crippen molar-refractivity contribution in [1.82, 2.24) is 9.84 Å². The fourth-order valence-electron chi connectivity index (χ4n) is 1.66. The van der Waals surface area contributed by atoms with E-state index in [4.69, 9.17) is 5.73 Å². The van der Waals surface area contributed by atoms with Crippen LogP contribution in [0.2, 0.25) is 0 Å². The molecule has 0 unspecified atom stereocenters. The van der Waals surface area contributed by atoms with Gasteiger partial charge in [-0.3, -0.25) is 9.59 Å². The number of hydrogen-bond donors (Lipinski definition) is 3. The van der Waals surface area contributed by atoms with Crippen molar-refractivity contribution in [2.45, 2.75) is 6.18 Å². The van der Waals surface area contributed by atoms with Gasteiger partial charge >= 0.3 is 6.18 Å². The minimum absolute atomic E-state index is 0.0816. The molecule has 8 nitrogen and oxygen atoms in total. The molecule has 128 valence electrons. The molecule has 0 saturated carbocycles. The number of rotatable bonds is 5. The Kier molecular flexibility index (Phi) is 5.22. The molecule has 1 aromatic carbocycles. The van der Waals surface area contributed by atoms with Gasteiger partial charge in [-0.15, -0.1) is 4.83 Å². The number of alkyl halides is 3. The van der Waals surface area contributed by atoms with Crippen LogP contribution in [0.3, 0.4) is 0 Å². The van der Waals surface area contributed by atoms with Gasteiger partial charge in [-0.25, -0.2) is 8.42 Å². The zero-order valence-electron chi connectivity index (χ0n) is 11.9. The van der Waals surface area contributed by atoms with Crippen molar-refractivity contribution in [3.8, 4) is 0 Å². The van der Waals surface area contributed by atoms with E-state index in [2.05, 4.69) is 5.32 Å². The first-order valence-corrected chi connectivity index (χ1v) is 7.74. The SMILES string of the molecule is CNc1cc(C(F)(F)F)c(N)cc1C(=O)N(C=O)NS(C)(=O)=O. The molecule has 1 aromatic rings. The van der Waals surface area contributed by atoms with E-state index in [0.29, 0.717) is 18.4 Å². The third-order valence-corrected chi connectivity index (χ3v) is 3.11. The van der Waals surface area contributed by atoms with Gasteiger partial charge in [-0.1, -0.05) is 0 Å². The van der Waals surface area contributed by atoms with Gasteiger partial charge in [-0.05, 0) is 12.1 Å². The van der Waals surface area contributed by atoms with Crippen LogP contribution in [0.15, 0.2) is 12.1 Å². The molecule has 1 rings (SSSR count). The van der Waals surface area contributed by atoms with E-state index in [0.717, 1.165) is 0 Å². The van der Waals surface area contributed by atoms with Crippen molar-refractivity contribution in [3.05, 3.63) is 23.3 Å². The maximum atomic E-state index is 12.8. The number of amides is 2. The smallest absolute Gasteiger partial charge is 0.398 e. The quantitative estimate of drug-likeness (QED) is 0.400. The second-order valence-electron chi connectivity index (χ2n) is 4.38. The fourth-order valence-corrected chi connectivity index (χ4v) is 2.15. The number of benzene rings is 1. The summed E-state index contributed by atoms with van der Waals surface area (Å²) in [4.78, 5) is 24.6. The third-order valence-electron chi connectivity index (χ3n) is 2.58. The highest BCUT2D eigenvalue weighted by molar-refractivity contribution is 7.88. The van der Waals surface area contributed by atoms with Crippen molar-refractivity contribution in [1.29, 1.82) is 0 Å². The van der Waals surface area contributed by atoms with Crippen molar-refractivity contribution >= 4 is 33.7 Å². The molecule has 4 N–H and O–H groups in total. The number of nitrogens with zero attached hydrogens (tertiary/aromatic N) is 1. The Labute approximate surface area is 129 Å². The van der Waals surface area contributed by atoms with Gasteiger partial charge < -0.3 is 11.1 Å². The van der Waals surface area contributed by atoms with E-state index in [1.807, 2.05) is 0 Å². The van der Waals surface area contributed by atoms with Crippen LogP contribution in [0.4, 0.5) is 24.5 Å². The lowest BCUT2D eigenvalue weighted by molar-refractivity contribution is -0.136. The molecule has 0 radical (unpaired) electrons. The summed E-state index contributed by atoms with van der Waals surface area (Å²) in [5.41, 5.74) is 2.68. The normalized spacial score (nSPS) is 11.9. The van der Waals surface area contributed by atoms with Crippen molar-refractivity contribution in [2.75, 3.05) is 24.4 Å². The molecule has 0 bridgehead atoms.